The molecule has 0 amide bonds. The summed E-state index contributed by atoms with van der Waals surface area (Å²) in [7, 11) is -3.84. The van der Waals surface area contributed by atoms with Crippen LogP contribution >= 0.6 is 0 Å². The summed E-state index contributed by atoms with van der Waals surface area (Å²) in [6, 6.07) is 6.45. The minimum absolute atomic E-state index is 0.107. The Morgan fingerprint density at radius 1 is 1.24 bits per heavy atom. The maximum atomic E-state index is 12.2. The van der Waals surface area contributed by atoms with E-state index in [1.807, 2.05) is 20.8 Å². The van der Waals surface area contributed by atoms with Gasteiger partial charge in [-0.2, -0.15) is 8.42 Å². The van der Waals surface area contributed by atoms with E-state index >= 15 is 0 Å². The zero-order valence-electron chi connectivity index (χ0n) is 12.3. The molecule has 0 aromatic heterocycles. The molecule has 1 aliphatic heterocycles. The smallest absolute Gasteiger partial charge is 0.401 e. The molecule has 6 heteroatoms. The Kier molecular flexibility index (Phi) is 4.37. The number of benzene rings is 1. The second-order valence-electron chi connectivity index (χ2n) is 5.29. The van der Waals surface area contributed by atoms with Gasteiger partial charge in [-0.3, -0.25) is 0 Å². The van der Waals surface area contributed by atoms with Crippen LogP contribution in [0.15, 0.2) is 46.2 Å². The van der Waals surface area contributed by atoms with Crippen LogP contribution in [-0.4, -0.2) is 26.7 Å². The highest BCUT2D eigenvalue weighted by Gasteiger charge is 2.36. The topological polar surface area (TPSA) is 65.0 Å². The normalized spacial score (nSPS) is 23.9. The Hall–Kier alpha value is -1.82. The molecule has 1 aliphatic rings. The highest BCUT2D eigenvalue weighted by Crippen LogP contribution is 2.24. The van der Waals surface area contributed by atoms with Gasteiger partial charge in [-0.1, -0.05) is 42.5 Å². The summed E-state index contributed by atoms with van der Waals surface area (Å²) < 4.78 is 38.9. The van der Waals surface area contributed by atoms with E-state index in [4.69, 9.17) is 9.47 Å². The van der Waals surface area contributed by atoms with Gasteiger partial charge in [-0.15, -0.1) is 0 Å². The summed E-state index contributed by atoms with van der Waals surface area (Å²) in [6.07, 6.45) is 0.691. The Labute approximate surface area is 125 Å². The Morgan fingerprint density at radius 2 is 1.86 bits per heavy atom. The second-order valence-corrected chi connectivity index (χ2v) is 6.89. The lowest BCUT2D eigenvalue weighted by Crippen LogP contribution is -2.25. The van der Waals surface area contributed by atoms with Crippen molar-refractivity contribution in [3.05, 3.63) is 42.5 Å². The fourth-order valence-electron chi connectivity index (χ4n) is 2.00. The average molecular weight is 309 g/mol. The molecule has 0 N–H and O–H groups in total. The van der Waals surface area contributed by atoms with Crippen LogP contribution in [-0.2, 0) is 19.5 Å². The lowest BCUT2D eigenvalue weighted by molar-refractivity contribution is 0.141. The second kappa shape index (κ2) is 5.89. The van der Waals surface area contributed by atoms with Crippen LogP contribution in [0.5, 0.6) is 0 Å². The first kappa shape index (κ1) is 15.6. The molecule has 2 rings (SSSR count). The van der Waals surface area contributed by atoms with Crippen LogP contribution in [0.25, 0.3) is 0 Å². The predicted octanol–water partition coefficient (Wildman–Crippen LogP) is 2.67. The first-order valence-electron chi connectivity index (χ1n) is 6.71. The van der Waals surface area contributed by atoms with E-state index in [1.54, 1.807) is 18.2 Å². The molecular weight excluding hydrogens is 290 g/mol. The molecular formula is C15H19NO4S. The maximum absolute atomic E-state index is 12.2. The molecule has 0 spiro atoms. The molecule has 1 saturated heterocycles. The highest BCUT2D eigenvalue weighted by atomic mass is 32.2. The van der Waals surface area contributed by atoms with Gasteiger partial charge in [0.2, 0.25) is 0 Å². The molecule has 0 bridgehead atoms. The van der Waals surface area contributed by atoms with Crippen molar-refractivity contribution in [1.82, 2.24) is 0 Å². The minimum Gasteiger partial charge on any atom is -0.442 e. The fourth-order valence-corrected chi connectivity index (χ4v) is 2.86. The lowest BCUT2D eigenvalue weighted by atomic mass is 10.0. The number of ether oxygens (including phenoxy) is 2. The largest absolute Gasteiger partial charge is 0.442 e. The van der Waals surface area contributed by atoms with Crippen molar-refractivity contribution in [3.8, 4) is 0 Å². The number of hydrogen-bond acceptors (Lipinski definition) is 4. The van der Waals surface area contributed by atoms with Crippen LogP contribution in [0, 0.1) is 12.8 Å². The summed E-state index contributed by atoms with van der Waals surface area (Å²) in [5, 5.41) is 0. The van der Waals surface area contributed by atoms with Gasteiger partial charge in [-0.05, 0) is 31.1 Å². The van der Waals surface area contributed by atoms with E-state index in [0.29, 0.717) is 0 Å². The van der Waals surface area contributed by atoms with Crippen molar-refractivity contribution in [2.45, 2.75) is 37.9 Å². The van der Waals surface area contributed by atoms with Gasteiger partial charge in [-0.25, -0.2) is 0 Å². The molecule has 0 saturated carbocycles. The minimum atomic E-state index is -3.84. The molecule has 1 aromatic rings. The highest BCUT2D eigenvalue weighted by molar-refractivity contribution is 7.90. The summed E-state index contributed by atoms with van der Waals surface area (Å²) in [5.74, 6) is 0.155. The zero-order chi connectivity index (χ0) is 15.6. The molecule has 21 heavy (non-hydrogen) atoms. The van der Waals surface area contributed by atoms with Crippen molar-refractivity contribution >= 4 is 16.1 Å². The van der Waals surface area contributed by atoms with Crippen LogP contribution in [0.1, 0.15) is 19.4 Å². The van der Waals surface area contributed by atoms with Gasteiger partial charge in [0.05, 0.1) is 4.90 Å². The van der Waals surface area contributed by atoms with Crippen molar-refractivity contribution in [2.75, 3.05) is 0 Å². The van der Waals surface area contributed by atoms with Gasteiger partial charge in [0.25, 0.3) is 10.0 Å². The number of nitrogens with zero attached hydrogens (tertiary/aromatic N) is 1. The Balaban J connectivity index is 2.27. The maximum Gasteiger partial charge on any atom is 0.401 e. The summed E-state index contributed by atoms with van der Waals surface area (Å²) in [6.45, 7) is 9.47. The quantitative estimate of drug-likeness (QED) is 0.802. The van der Waals surface area contributed by atoms with E-state index in [-0.39, 0.29) is 23.0 Å². The van der Waals surface area contributed by atoms with E-state index in [2.05, 4.69) is 11.0 Å². The molecule has 2 atom stereocenters. The molecule has 5 nitrogen and oxygen atoms in total. The first-order valence-corrected chi connectivity index (χ1v) is 8.15. The monoisotopic (exact) mass is 309 g/mol. The molecule has 1 heterocycles. The average Bonchev–Trinajstić information content (AvgIpc) is 2.81. The molecule has 114 valence electrons. The zero-order valence-corrected chi connectivity index (χ0v) is 13.1. The summed E-state index contributed by atoms with van der Waals surface area (Å²) in [4.78, 5) is 0.107. The van der Waals surface area contributed by atoms with Crippen molar-refractivity contribution < 1.29 is 17.9 Å². The molecule has 1 fully saturated rings. The Morgan fingerprint density at radius 3 is 2.33 bits per heavy atom. The van der Waals surface area contributed by atoms with E-state index in [9.17, 15) is 8.42 Å². The van der Waals surface area contributed by atoms with E-state index in [0.717, 1.165) is 5.56 Å². The number of aryl methyl sites for hydroxylation is 1. The third-order valence-electron chi connectivity index (χ3n) is 3.20. The van der Waals surface area contributed by atoms with Gasteiger partial charge in [0.15, 0.2) is 6.10 Å². The molecule has 0 unspecified atom stereocenters. The molecule has 0 radical (unpaired) electrons. The Bertz CT molecular complexity index is 647. The number of rotatable bonds is 4. The van der Waals surface area contributed by atoms with E-state index in [1.165, 1.54) is 12.1 Å². The third-order valence-corrected chi connectivity index (χ3v) is 4.46. The first-order chi connectivity index (χ1) is 9.83. The summed E-state index contributed by atoms with van der Waals surface area (Å²) >= 11 is 0. The number of sulfonamides is 1. The fraction of sp³-hybridized carbons (Fsp3) is 0.400. The van der Waals surface area contributed by atoms with E-state index < -0.39 is 16.1 Å². The van der Waals surface area contributed by atoms with Gasteiger partial charge in [0.1, 0.15) is 6.10 Å². The van der Waals surface area contributed by atoms with Crippen LogP contribution in [0.4, 0.5) is 0 Å². The SMILES string of the molecule is C=C[C@H]1O/C(=N\S(=O)(=O)c2ccc(C)cc2)O[C@@H]1C(C)C. The number of hydrogen-bond donors (Lipinski definition) is 0. The predicted molar refractivity (Wildman–Crippen MR) is 80.6 cm³/mol. The van der Waals surface area contributed by atoms with Gasteiger partial charge >= 0.3 is 6.08 Å². The lowest BCUT2D eigenvalue weighted by Gasteiger charge is -2.14. The van der Waals surface area contributed by atoms with Crippen LogP contribution in [0.3, 0.4) is 0 Å². The summed E-state index contributed by atoms with van der Waals surface area (Å²) in [5.41, 5.74) is 0.974. The molecule has 0 aliphatic carbocycles. The van der Waals surface area contributed by atoms with Crippen molar-refractivity contribution in [1.29, 1.82) is 0 Å². The third kappa shape index (κ3) is 3.44. The molecule has 1 aromatic carbocycles. The van der Waals surface area contributed by atoms with Crippen LogP contribution in [0.2, 0.25) is 0 Å². The van der Waals surface area contributed by atoms with Crippen LogP contribution < -0.4 is 0 Å². The van der Waals surface area contributed by atoms with Gasteiger partial charge < -0.3 is 9.47 Å². The van der Waals surface area contributed by atoms with Gasteiger partial charge in [0, 0.05) is 0 Å². The van der Waals surface area contributed by atoms with Crippen molar-refractivity contribution in [3.63, 3.8) is 0 Å². The van der Waals surface area contributed by atoms with Crippen molar-refractivity contribution in [2.24, 2.45) is 10.3 Å². The standard InChI is InChI=1S/C15H19NO4S/c1-5-13-14(10(2)3)20-15(19-13)16-21(17,18)12-8-6-11(4)7-9-12/h5-10,13-14H,1H2,2-4H3/b16-15+/t13-,14-/m1/s1.